The molecule has 3 aromatic rings. The highest BCUT2D eigenvalue weighted by molar-refractivity contribution is 7.17. The molecule has 0 spiro atoms. The predicted octanol–water partition coefficient (Wildman–Crippen LogP) is 4.75. The highest BCUT2D eigenvalue weighted by atomic mass is 35.5. The molecule has 0 aliphatic rings. The van der Waals surface area contributed by atoms with Gasteiger partial charge in [-0.2, -0.15) is 0 Å². The van der Waals surface area contributed by atoms with Crippen molar-refractivity contribution < 1.29 is 14.3 Å². The SMILES string of the molecule is COc1ccc([C@H](C)NC(=O)c2sc(Nc3ccc(Cl)cn3)nc2C)cc1OC. The second-order valence-electron chi connectivity index (χ2n) is 6.23. The van der Waals surface area contributed by atoms with E-state index in [0.29, 0.717) is 38.0 Å². The number of carbonyl (C=O) groups excluding carboxylic acids is 1. The van der Waals surface area contributed by atoms with E-state index in [1.807, 2.05) is 25.1 Å². The molecule has 1 aromatic carbocycles. The number of pyridine rings is 1. The third-order valence-corrected chi connectivity index (χ3v) is 5.52. The number of hydrogen-bond acceptors (Lipinski definition) is 7. The van der Waals surface area contributed by atoms with Gasteiger partial charge in [-0.15, -0.1) is 0 Å². The van der Waals surface area contributed by atoms with Gasteiger partial charge in [-0.25, -0.2) is 9.97 Å². The Morgan fingerprint density at radius 2 is 1.93 bits per heavy atom. The molecule has 0 unspecified atom stereocenters. The van der Waals surface area contributed by atoms with E-state index in [1.54, 1.807) is 39.5 Å². The average Bonchev–Trinajstić information content (AvgIpc) is 3.09. The van der Waals surface area contributed by atoms with Crippen LogP contribution in [0.3, 0.4) is 0 Å². The lowest BCUT2D eigenvalue weighted by Gasteiger charge is -2.16. The van der Waals surface area contributed by atoms with Crippen LogP contribution in [0.5, 0.6) is 11.5 Å². The van der Waals surface area contributed by atoms with Crippen molar-refractivity contribution in [2.75, 3.05) is 19.5 Å². The zero-order valence-electron chi connectivity index (χ0n) is 16.4. The topological polar surface area (TPSA) is 85.4 Å². The lowest BCUT2D eigenvalue weighted by molar-refractivity contribution is 0.0943. The minimum atomic E-state index is -0.224. The van der Waals surface area contributed by atoms with Crippen LogP contribution in [-0.4, -0.2) is 30.1 Å². The maximum absolute atomic E-state index is 12.8. The number of halogens is 1. The van der Waals surface area contributed by atoms with E-state index in [2.05, 4.69) is 20.6 Å². The van der Waals surface area contributed by atoms with E-state index in [0.717, 1.165) is 5.56 Å². The minimum Gasteiger partial charge on any atom is -0.493 e. The summed E-state index contributed by atoms with van der Waals surface area (Å²) in [6.07, 6.45) is 1.54. The molecule has 0 saturated heterocycles. The summed E-state index contributed by atoms with van der Waals surface area (Å²) < 4.78 is 10.6. The third-order valence-electron chi connectivity index (χ3n) is 4.22. The van der Waals surface area contributed by atoms with Gasteiger partial charge in [0.1, 0.15) is 10.7 Å². The van der Waals surface area contributed by atoms with Gasteiger partial charge in [-0.3, -0.25) is 4.79 Å². The summed E-state index contributed by atoms with van der Waals surface area (Å²) in [5.41, 5.74) is 1.55. The van der Waals surface area contributed by atoms with Gasteiger partial charge in [0.05, 0.1) is 31.0 Å². The number of ether oxygens (including phenoxy) is 2. The molecular formula is C20H21ClN4O3S. The highest BCUT2D eigenvalue weighted by Crippen LogP contribution is 2.31. The van der Waals surface area contributed by atoms with Crippen LogP contribution in [0.15, 0.2) is 36.5 Å². The molecular weight excluding hydrogens is 412 g/mol. The normalized spacial score (nSPS) is 11.6. The van der Waals surface area contributed by atoms with Crippen molar-refractivity contribution >= 4 is 39.8 Å². The fourth-order valence-corrected chi connectivity index (χ4v) is 3.68. The Hall–Kier alpha value is -2.84. The fourth-order valence-electron chi connectivity index (χ4n) is 2.69. The lowest BCUT2D eigenvalue weighted by Crippen LogP contribution is -2.26. The van der Waals surface area contributed by atoms with Crippen LogP contribution in [0, 0.1) is 6.92 Å². The molecule has 9 heteroatoms. The number of hydrogen-bond donors (Lipinski definition) is 2. The van der Waals surface area contributed by atoms with Gasteiger partial charge < -0.3 is 20.1 Å². The molecule has 1 atom stereocenters. The predicted molar refractivity (Wildman–Crippen MR) is 115 cm³/mol. The van der Waals surface area contributed by atoms with Crippen LogP contribution in [-0.2, 0) is 0 Å². The molecule has 2 N–H and O–H groups in total. The van der Waals surface area contributed by atoms with Crippen LogP contribution in [0.2, 0.25) is 5.02 Å². The number of rotatable bonds is 7. The van der Waals surface area contributed by atoms with Gasteiger partial charge in [-0.1, -0.05) is 29.0 Å². The van der Waals surface area contributed by atoms with Gasteiger partial charge in [0, 0.05) is 6.20 Å². The van der Waals surface area contributed by atoms with Crippen molar-refractivity contribution in [1.29, 1.82) is 0 Å². The van der Waals surface area contributed by atoms with E-state index in [-0.39, 0.29) is 11.9 Å². The Balaban J connectivity index is 1.72. The quantitative estimate of drug-likeness (QED) is 0.560. The summed E-state index contributed by atoms with van der Waals surface area (Å²) in [5.74, 6) is 1.66. The Morgan fingerprint density at radius 1 is 1.17 bits per heavy atom. The summed E-state index contributed by atoms with van der Waals surface area (Å²) in [5, 5.41) is 7.22. The Morgan fingerprint density at radius 3 is 2.59 bits per heavy atom. The number of thiazole rings is 1. The molecule has 152 valence electrons. The molecule has 2 aromatic heterocycles. The second-order valence-corrected chi connectivity index (χ2v) is 7.67. The van der Waals surface area contributed by atoms with Crippen molar-refractivity contribution in [3.05, 3.63) is 57.7 Å². The first kappa shape index (κ1) is 20.9. The largest absolute Gasteiger partial charge is 0.493 e. The summed E-state index contributed by atoms with van der Waals surface area (Å²) in [7, 11) is 3.16. The van der Waals surface area contributed by atoms with Gasteiger partial charge in [-0.05, 0) is 43.7 Å². The van der Waals surface area contributed by atoms with E-state index >= 15 is 0 Å². The molecule has 0 saturated carbocycles. The number of nitrogens with one attached hydrogen (secondary N) is 2. The van der Waals surface area contributed by atoms with Crippen molar-refractivity contribution in [1.82, 2.24) is 15.3 Å². The monoisotopic (exact) mass is 432 g/mol. The van der Waals surface area contributed by atoms with Crippen molar-refractivity contribution in [3.63, 3.8) is 0 Å². The second kappa shape index (κ2) is 9.11. The van der Waals surface area contributed by atoms with Crippen LogP contribution in [0.4, 0.5) is 10.9 Å². The molecule has 29 heavy (non-hydrogen) atoms. The number of aryl methyl sites for hydroxylation is 1. The molecule has 7 nitrogen and oxygen atoms in total. The summed E-state index contributed by atoms with van der Waals surface area (Å²) in [6, 6.07) is 8.81. The van der Waals surface area contributed by atoms with Crippen LogP contribution in [0.1, 0.15) is 33.9 Å². The number of nitrogens with zero attached hydrogens (tertiary/aromatic N) is 2. The van der Waals surface area contributed by atoms with Gasteiger partial charge in [0.15, 0.2) is 16.6 Å². The molecule has 0 radical (unpaired) electrons. The molecule has 2 heterocycles. The number of methoxy groups -OCH3 is 2. The maximum Gasteiger partial charge on any atom is 0.263 e. The van der Waals surface area contributed by atoms with Crippen molar-refractivity contribution in [3.8, 4) is 11.5 Å². The number of amides is 1. The first-order valence-corrected chi connectivity index (χ1v) is 9.99. The number of anilines is 2. The molecule has 3 rings (SSSR count). The third kappa shape index (κ3) is 4.96. The zero-order chi connectivity index (χ0) is 21.0. The molecule has 0 aliphatic heterocycles. The van der Waals surface area contributed by atoms with E-state index in [9.17, 15) is 4.79 Å². The van der Waals surface area contributed by atoms with Crippen LogP contribution < -0.4 is 20.1 Å². The van der Waals surface area contributed by atoms with Gasteiger partial charge in [0.25, 0.3) is 5.91 Å². The average molecular weight is 433 g/mol. The Bertz CT molecular complexity index is 1010. The first-order chi connectivity index (χ1) is 13.9. The smallest absolute Gasteiger partial charge is 0.263 e. The van der Waals surface area contributed by atoms with Gasteiger partial charge in [0.2, 0.25) is 0 Å². The van der Waals surface area contributed by atoms with Crippen LogP contribution >= 0.6 is 22.9 Å². The van der Waals surface area contributed by atoms with Gasteiger partial charge >= 0.3 is 0 Å². The first-order valence-electron chi connectivity index (χ1n) is 8.80. The highest BCUT2D eigenvalue weighted by Gasteiger charge is 2.19. The lowest BCUT2D eigenvalue weighted by atomic mass is 10.1. The maximum atomic E-state index is 12.8. The molecule has 0 aliphatic carbocycles. The van der Waals surface area contributed by atoms with E-state index in [4.69, 9.17) is 21.1 Å². The van der Waals surface area contributed by atoms with Crippen LogP contribution in [0.25, 0.3) is 0 Å². The molecule has 0 bridgehead atoms. The van der Waals surface area contributed by atoms with Crippen molar-refractivity contribution in [2.24, 2.45) is 0 Å². The number of carbonyl (C=O) groups is 1. The molecule has 0 fully saturated rings. The summed E-state index contributed by atoms with van der Waals surface area (Å²) >= 11 is 7.11. The summed E-state index contributed by atoms with van der Waals surface area (Å²) in [4.78, 5) is 21.9. The minimum absolute atomic E-state index is 0.195. The molecule has 1 amide bonds. The Labute approximate surface area is 178 Å². The standard InChI is InChI=1S/C20H21ClN4O3S/c1-11(13-5-7-15(27-3)16(9-13)28-4)23-19(26)18-12(2)24-20(29-18)25-17-8-6-14(21)10-22-17/h5-11H,1-4H3,(H,23,26)(H,22,24,25)/t11-/m0/s1. The van der Waals surface area contributed by atoms with Crippen molar-refractivity contribution in [2.45, 2.75) is 19.9 Å². The number of aromatic nitrogens is 2. The van der Waals surface area contributed by atoms with E-state index < -0.39 is 0 Å². The zero-order valence-corrected chi connectivity index (χ0v) is 18.0. The Kier molecular flexibility index (Phi) is 6.56. The fraction of sp³-hybridized carbons (Fsp3) is 0.250. The number of benzene rings is 1. The van der Waals surface area contributed by atoms with E-state index in [1.165, 1.54) is 11.3 Å². The summed E-state index contributed by atoms with van der Waals surface area (Å²) in [6.45, 7) is 3.71.